The Balaban J connectivity index is 0.000000317. The highest BCUT2D eigenvalue weighted by molar-refractivity contribution is 6.62. The number of aryl methyl sites for hydroxylation is 5. The van der Waals surface area contributed by atoms with Gasteiger partial charge >= 0.3 is 13.3 Å². The van der Waals surface area contributed by atoms with Gasteiger partial charge in [0.2, 0.25) is 0 Å². The van der Waals surface area contributed by atoms with E-state index in [0.717, 1.165) is 70.9 Å². The molecule has 0 radical (unpaired) electrons. The minimum Gasteiger partial charge on any atom is -0.504 e. The molecule has 1 heterocycles. The normalized spacial score (nSPS) is 14.5. The number of ether oxygens (including phenoxy) is 1. The number of aliphatic hydroxyl groups is 2. The Morgan fingerprint density at radius 3 is 1.25 bits per heavy atom. The molecule has 1 saturated heterocycles. The zero-order chi connectivity index (χ0) is 57.7. The molecule has 0 bridgehead atoms. The van der Waals surface area contributed by atoms with E-state index in [9.17, 15) is 15.3 Å². The number of hydrogen-bond acceptors (Lipinski definition) is 8. The van der Waals surface area contributed by atoms with E-state index in [4.69, 9.17) is 23.6 Å². The number of carbonyl (C=O) groups excluding carboxylic acids is 2. The molecule has 6 rings (SSSR count). The summed E-state index contributed by atoms with van der Waals surface area (Å²) < 4.78 is 18.1. The molecule has 0 aromatic heterocycles. The first-order valence-electron chi connectivity index (χ1n) is 28.3. The Hall–Kier alpha value is -5.54. The zero-order valence-corrected chi connectivity index (χ0v) is 50.2. The van der Waals surface area contributed by atoms with Gasteiger partial charge in [-0.25, -0.2) is 0 Å². The largest absolute Gasteiger partial charge is 0.504 e. The monoisotopic (exact) mass is 1050 g/mol. The van der Waals surface area contributed by atoms with Crippen molar-refractivity contribution in [2.75, 3.05) is 7.11 Å². The van der Waals surface area contributed by atoms with Crippen molar-refractivity contribution in [1.82, 2.24) is 0 Å². The van der Waals surface area contributed by atoms with E-state index in [-0.39, 0.29) is 41.1 Å². The predicted octanol–water partition coefficient (Wildman–Crippen LogP) is 15.6. The van der Waals surface area contributed by atoms with Crippen molar-refractivity contribution < 1.29 is 39.0 Å². The summed E-state index contributed by atoms with van der Waals surface area (Å²) in [5.74, 6) is 0.704. The van der Waals surface area contributed by atoms with Crippen LogP contribution in [0.5, 0.6) is 11.5 Å². The molecule has 5 aromatic rings. The van der Waals surface area contributed by atoms with Gasteiger partial charge in [0, 0.05) is 16.4 Å². The zero-order valence-electron chi connectivity index (χ0n) is 50.2. The number of aromatic hydroxyl groups is 1. The van der Waals surface area contributed by atoms with Gasteiger partial charge in [-0.3, -0.25) is 0 Å². The molecule has 3 N–H and O–H groups in total. The first-order valence-corrected chi connectivity index (χ1v) is 28.3. The van der Waals surface area contributed by atoms with E-state index in [1.54, 1.807) is 7.11 Å². The molecule has 9 heteroatoms. The second-order valence-electron chi connectivity index (χ2n) is 22.3. The van der Waals surface area contributed by atoms with Crippen molar-refractivity contribution in [3.63, 3.8) is 0 Å². The minimum absolute atomic E-state index is 0.0696. The number of methoxy groups -OCH3 is 1. The third-order valence-corrected chi connectivity index (χ3v) is 17.8. The summed E-state index contributed by atoms with van der Waals surface area (Å²) in [6, 6.07) is 31.0. The summed E-state index contributed by atoms with van der Waals surface area (Å²) in [5, 5.41) is 32.3. The second-order valence-corrected chi connectivity index (χ2v) is 22.3. The Bertz CT molecular complexity index is 2830. The SMILES string of the molecule is CCC(O)(/C=C/c1ccc(C(CC)(CC)c2ccc(B3OC(C)(C)C(C)(C)O3)c(C)c2)cc1C)CC.CCc1cc(OC)c(O)c(-c2ccc(C(CC)(CC)c3ccc(/C=C/C(O)(CC)CC)c(C)c3)cc2C)c1.O=C=O. The van der Waals surface area contributed by atoms with Crippen LogP contribution in [-0.4, -0.2) is 58.1 Å². The predicted molar refractivity (Wildman–Crippen MR) is 320 cm³/mol. The molecular formula is C68H93BO8. The van der Waals surface area contributed by atoms with Crippen molar-refractivity contribution in [2.24, 2.45) is 0 Å². The van der Waals surface area contributed by atoms with Crippen LogP contribution in [0.25, 0.3) is 23.3 Å². The fourth-order valence-corrected chi connectivity index (χ4v) is 10.9. The van der Waals surface area contributed by atoms with Gasteiger partial charge < -0.3 is 29.4 Å². The number of hydrogen-bond donors (Lipinski definition) is 3. The van der Waals surface area contributed by atoms with Crippen molar-refractivity contribution in [2.45, 2.75) is 209 Å². The molecule has 0 unspecified atom stereocenters. The van der Waals surface area contributed by atoms with E-state index >= 15 is 0 Å². The highest BCUT2D eigenvalue weighted by Gasteiger charge is 2.52. The lowest BCUT2D eigenvalue weighted by molar-refractivity contribution is -0.191. The molecule has 1 aliphatic heterocycles. The molecule has 0 spiro atoms. The molecule has 0 saturated carbocycles. The summed E-state index contributed by atoms with van der Waals surface area (Å²) >= 11 is 0. The fourth-order valence-electron chi connectivity index (χ4n) is 10.9. The Morgan fingerprint density at radius 2 is 0.909 bits per heavy atom. The summed E-state index contributed by atoms with van der Waals surface area (Å²) in [6.07, 6.45) is 16.0. The van der Waals surface area contributed by atoms with Gasteiger partial charge in [-0.05, 0) is 192 Å². The van der Waals surface area contributed by atoms with Gasteiger partial charge in [-0.2, -0.15) is 9.59 Å². The van der Waals surface area contributed by atoms with Crippen LogP contribution in [-0.2, 0) is 36.1 Å². The van der Waals surface area contributed by atoms with E-state index < -0.39 is 11.2 Å². The van der Waals surface area contributed by atoms with Crippen LogP contribution < -0.4 is 10.2 Å². The van der Waals surface area contributed by atoms with Gasteiger partial charge in [-0.15, -0.1) is 0 Å². The maximum atomic E-state index is 10.9. The highest BCUT2D eigenvalue weighted by atomic mass is 16.7. The molecular weight excluding hydrogens is 956 g/mol. The smallest absolute Gasteiger partial charge is 0.495 e. The Kier molecular flexibility index (Phi) is 22.3. The fraction of sp³-hybridized carbons (Fsp3) is 0.485. The Labute approximate surface area is 464 Å². The quantitative estimate of drug-likeness (QED) is 0.0659. The number of phenolic OH excluding ortho intramolecular Hbond substituents is 1. The van der Waals surface area contributed by atoms with Gasteiger partial charge in [0.05, 0.1) is 29.5 Å². The molecule has 77 heavy (non-hydrogen) atoms. The van der Waals surface area contributed by atoms with Crippen LogP contribution in [0.2, 0.25) is 0 Å². The van der Waals surface area contributed by atoms with E-state index in [1.165, 1.54) is 38.9 Å². The van der Waals surface area contributed by atoms with Crippen LogP contribution in [0.15, 0.2) is 97.1 Å². The van der Waals surface area contributed by atoms with Gasteiger partial charge in [0.25, 0.3) is 0 Å². The second kappa shape index (κ2) is 26.9. The summed E-state index contributed by atoms with van der Waals surface area (Å²) in [7, 11) is 1.25. The van der Waals surface area contributed by atoms with Crippen LogP contribution in [0.3, 0.4) is 0 Å². The molecule has 0 atom stereocenters. The number of benzene rings is 5. The lowest BCUT2D eigenvalue weighted by Gasteiger charge is -2.34. The molecule has 0 amide bonds. The first-order chi connectivity index (χ1) is 36.3. The van der Waals surface area contributed by atoms with Crippen molar-refractivity contribution in [3.05, 3.63) is 158 Å². The van der Waals surface area contributed by atoms with Crippen LogP contribution in [0.4, 0.5) is 0 Å². The third kappa shape index (κ3) is 14.0. The minimum atomic E-state index is -0.754. The van der Waals surface area contributed by atoms with Gasteiger partial charge in [0.15, 0.2) is 11.5 Å². The van der Waals surface area contributed by atoms with E-state index in [2.05, 4.69) is 181 Å². The average Bonchev–Trinajstić information content (AvgIpc) is 3.64. The summed E-state index contributed by atoms with van der Waals surface area (Å²) in [6.45, 7) is 36.3. The van der Waals surface area contributed by atoms with Gasteiger partial charge in [0.1, 0.15) is 0 Å². The summed E-state index contributed by atoms with van der Waals surface area (Å²) in [4.78, 5) is 16.2. The molecule has 0 aliphatic carbocycles. The number of rotatable bonds is 20. The Morgan fingerprint density at radius 1 is 0.532 bits per heavy atom. The standard InChI is InChI=1S/C35H46O3.C32H47BO3.CO2/c1-9-26-22-31(33(36)32(23-26)38-8)30-17-16-29(21-25(30)7)35(12-4,13-5)28-15-14-27(24(6)20-28)18-19-34(37,10-2)11-3;1-11-31(34,12-2)20-19-25-15-16-26(21-23(25)5)32(13-3,14-4)27-17-18-28(24(6)22-27)33-35-29(7,8)30(9,10)36-33;2-1-3/h14-23,36-37H,9-13H2,1-8H3;15-22,34H,11-14H2,1-10H3;/b19-18+;20-19+;. The maximum absolute atomic E-state index is 10.9. The van der Waals surface area contributed by atoms with Crippen LogP contribution in [0.1, 0.15) is 203 Å². The first kappa shape index (κ1) is 64.0. The lowest BCUT2D eigenvalue weighted by Crippen LogP contribution is -2.41. The van der Waals surface area contributed by atoms with Crippen LogP contribution in [0, 0.1) is 27.7 Å². The van der Waals surface area contributed by atoms with E-state index in [0.29, 0.717) is 31.4 Å². The molecule has 416 valence electrons. The van der Waals surface area contributed by atoms with Crippen molar-refractivity contribution in [3.8, 4) is 22.6 Å². The maximum Gasteiger partial charge on any atom is 0.495 e. The summed E-state index contributed by atoms with van der Waals surface area (Å²) in [5.41, 5.74) is 14.0. The molecule has 8 nitrogen and oxygen atoms in total. The van der Waals surface area contributed by atoms with Crippen molar-refractivity contribution in [1.29, 1.82) is 0 Å². The molecule has 1 fully saturated rings. The van der Waals surface area contributed by atoms with Gasteiger partial charge in [-0.1, -0.05) is 165 Å². The lowest BCUT2D eigenvalue weighted by atomic mass is 9.68. The molecule has 5 aromatic carbocycles. The highest BCUT2D eigenvalue weighted by Crippen LogP contribution is 2.45. The van der Waals surface area contributed by atoms with Crippen LogP contribution >= 0.6 is 0 Å². The topological polar surface area (TPSA) is 123 Å². The molecule has 1 aliphatic rings. The van der Waals surface area contributed by atoms with Crippen molar-refractivity contribution >= 4 is 30.9 Å². The number of phenols is 1. The third-order valence-electron chi connectivity index (χ3n) is 17.8. The van der Waals surface area contributed by atoms with E-state index in [1.807, 2.05) is 45.9 Å². The average molecular weight is 1050 g/mol.